The third-order valence-corrected chi connectivity index (χ3v) is 7.49. The number of fused-ring (bicyclic) bond motifs is 1. The molecule has 3 amide bonds. The van der Waals surface area contributed by atoms with E-state index in [0.717, 1.165) is 5.56 Å². The summed E-state index contributed by atoms with van der Waals surface area (Å²) in [5, 5.41) is 2.75. The van der Waals surface area contributed by atoms with Crippen LogP contribution in [-0.4, -0.2) is 68.7 Å². The molecule has 0 spiro atoms. The van der Waals surface area contributed by atoms with E-state index in [4.69, 9.17) is 0 Å². The fourth-order valence-electron chi connectivity index (χ4n) is 5.09. The molecule has 1 saturated heterocycles. The number of para-hydroxylation sites is 2. The first kappa shape index (κ1) is 29.0. The van der Waals surface area contributed by atoms with E-state index in [0.29, 0.717) is 36.2 Å². The van der Waals surface area contributed by atoms with Crippen molar-refractivity contribution in [2.24, 2.45) is 5.92 Å². The summed E-state index contributed by atoms with van der Waals surface area (Å²) in [4.78, 5) is 63.2. The third-order valence-electron chi connectivity index (χ3n) is 7.49. The highest BCUT2D eigenvalue weighted by Crippen LogP contribution is 2.27. The van der Waals surface area contributed by atoms with Gasteiger partial charge in [-0.2, -0.15) is 0 Å². The molecular formula is C31H39N5O4. The highest BCUT2D eigenvalue weighted by atomic mass is 16.2. The molecule has 40 heavy (non-hydrogen) atoms. The Morgan fingerprint density at radius 2 is 1.65 bits per heavy atom. The number of benzene rings is 2. The molecule has 1 fully saturated rings. The molecule has 0 bridgehead atoms. The van der Waals surface area contributed by atoms with E-state index >= 15 is 0 Å². The van der Waals surface area contributed by atoms with Crippen LogP contribution < -0.4 is 10.9 Å². The molecule has 1 aromatic heterocycles. The Balaban J connectivity index is 1.48. The summed E-state index contributed by atoms with van der Waals surface area (Å²) in [6.45, 7) is 15.0. The molecule has 0 radical (unpaired) electrons. The number of aromatic nitrogens is 2. The number of carbonyl (C=O) groups excluding carboxylic acids is 3. The Bertz CT molecular complexity index is 1480. The van der Waals surface area contributed by atoms with Crippen molar-refractivity contribution in [2.45, 2.75) is 65.5 Å². The van der Waals surface area contributed by atoms with Gasteiger partial charge in [-0.25, -0.2) is 4.98 Å². The third kappa shape index (κ3) is 5.93. The maximum absolute atomic E-state index is 13.7. The van der Waals surface area contributed by atoms with Crippen molar-refractivity contribution in [1.29, 1.82) is 0 Å². The van der Waals surface area contributed by atoms with Gasteiger partial charge in [-0.3, -0.25) is 19.2 Å². The summed E-state index contributed by atoms with van der Waals surface area (Å²) in [5.74, 6) is -1.27. The van der Waals surface area contributed by atoms with Gasteiger partial charge in [0.1, 0.15) is 6.04 Å². The van der Waals surface area contributed by atoms with Crippen LogP contribution >= 0.6 is 0 Å². The number of hydrogen-bond donors (Lipinski definition) is 2. The topological polar surface area (TPSA) is 115 Å². The van der Waals surface area contributed by atoms with Crippen LogP contribution in [-0.2, 0) is 10.2 Å². The van der Waals surface area contributed by atoms with Gasteiger partial charge < -0.3 is 20.1 Å². The molecule has 212 valence electrons. The van der Waals surface area contributed by atoms with Crippen LogP contribution in [0.15, 0.2) is 53.3 Å². The smallest absolute Gasteiger partial charge is 0.280 e. The van der Waals surface area contributed by atoms with Gasteiger partial charge >= 0.3 is 0 Å². The van der Waals surface area contributed by atoms with Crippen LogP contribution in [0.5, 0.6) is 0 Å². The zero-order chi connectivity index (χ0) is 29.4. The van der Waals surface area contributed by atoms with E-state index in [2.05, 4.69) is 36.1 Å². The molecule has 0 unspecified atom stereocenters. The lowest BCUT2D eigenvalue weighted by Crippen LogP contribution is -2.64. The summed E-state index contributed by atoms with van der Waals surface area (Å²) in [7, 11) is 0. The van der Waals surface area contributed by atoms with Gasteiger partial charge in [0.25, 0.3) is 17.4 Å². The normalized spacial score (nSPS) is 16.2. The molecule has 9 nitrogen and oxygen atoms in total. The second-order valence-electron chi connectivity index (χ2n) is 12.5. The summed E-state index contributed by atoms with van der Waals surface area (Å²) >= 11 is 0. The standard InChI is InChI=1S/C31H39N5O4/c1-19(2)24(34-27(38)25-26(37)33-23-11-9-8-10-22(23)32-25)29(40)35-16-17-36(31(6,7)18-35)28(39)20-12-14-21(15-13-20)30(3,4)5/h8-15,19,24H,16-18H2,1-7H3,(H,33,37)(H,34,38)/t24-/m0/s1. The number of H-pyrrole nitrogens is 1. The van der Waals surface area contributed by atoms with Crippen molar-refractivity contribution < 1.29 is 14.4 Å². The Hall–Kier alpha value is -4.01. The van der Waals surface area contributed by atoms with Gasteiger partial charge in [-0.15, -0.1) is 0 Å². The Labute approximate surface area is 235 Å². The first-order valence-corrected chi connectivity index (χ1v) is 13.7. The number of amides is 3. The van der Waals surface area contributed by atoms with Crippen molar-refractivity contribution >= 4 is 28.8 Å². The van der Waals surface area contributed by atoms with E-state index in [1.807, 2.05) is 56.9 Å². The molecule has 3 aromatic rings. The molecule has 4 rings (SSSR count). The predicted octanol–water partition coefficient (Wildman–Crippen LogP) is 3.74. The van der Waals surface area contributed by atoms with E-state index in [1.165, 1.54) is 0 Å². The number of hydrogen-bond acceptors (Lipinski definition) is 5. The van der Waals surface area contributed by atoms with E-state index in [-0.39, 0.29) is 28.8 Å². The van der Waals surface area contributed by atoms with Gasteiger partial charge in [0, 0.05) is 25.2 Å². The highest BCUT2D eigenvalue weighted by molar-refractivity contribution is 5.97. The molecule has 9 heteroatoms. The fraction of sp³-hybridized carbons (Fsp3) is 0.452. The van der Waals surface area contributed by atoms with Crippen LogP contribution in [0.1, 0.15) is 74.9 Å². The second kappa shape index (κ2) is 10.9. The lowest BCUT2D eigenvalue weighted by Gasteiger charge is -2.48. The molecule has 1 atom stereocenters. The lowest BCUT2D eigenvalue weighted by atomic mass is 9.86. The van der Waals surface area contributed by atoms with Crippen LogP contribution in [0, 0.1) is 5.92 Å². The number of carbonyl (C=O) groups is 3. The molecule has 0 aliphatic carbocycles. The van der Waals surface area contributed by atoms with Crippen molar-refractivity contribution in [3.63, 3.8) is 0 Å². The van der Waals surface area contributed by atoms with E-state index in [1.54, 1.807) is 29.2 Å². The molecule has 1 aliphatic rings. The Morgan fingerprint density at radius 3 is 2.25 bits per heavy atom. The van der Waals surface area contributed by atoms with Crippen LogP contribution in [0.25, 0.3) is 11.0 Å². The Kier molecular flexibility index (Phi) is 7.87. The highest BCUT2D eigenvalue weighted by Gasteiger charge is 2.41. The van der Waals surface area contributed by atoms with Crippen molar-refractivity contribution in [3.05, 3.63) is 75.7 Å². The minimum absolute atomic E-state index is 0.00686. The number of nitrogens with one attached hydrogen (secondary N) is 2. The second-order valence-corrected chi connectivity index (χ2v) is 12.5. The van der Waals surface area contributed by atoms with Gasteiger partial charge in [0.15, 0.2) is 5.69 Å². The van der Waals surface area contributed by atoms with E-state index < -0.39 is 23.0 Å². The van der Waals surface area contributed by atoms with Gasteiger partial charge in [-0.05, 0) is 55.0 Å². The monoisotopic (exact) mass is 545 g/mol. The van der Waals surface area contributed by atoms with Crippen LogP contribution in [0.4, 0.5) is 0 Å². The summed E-state index contributed by atoms with van der Waals surface area (Å²) < 4.78 is 0. The average Bonchev–Trinajstić information content (AvgIpc) is 2.89. The van der Waals surface area contributed by atoms with Crippen molar-refractivity contribution in [1.82, 2.24) is 25.1 Å². The molecule has 2 heterocycles. The van der Waals surface area contributed by atoms with E-state index in [9.17, 15) is 19.2 Å². The minimum atomic E-state index is -0.858. The van der Waals surface area contributed by atoms with Crippen LogP contribution in [0.2, 0.25) is 0 Å². The number of aromatic amines is 1. The maximum Gasteiger partial charge on any atom is 0.280 e. The van der Waals surface area contributed by atoms with Crippen LogP contribution in [0.3, 0.4) is 0 Å². The first-order valence-electron chi connectivity index (χ1n) is 13.7. The fourth-order valence-corrected chi connectivity index (χ4v) is 5.09. The number of rotatable bonds is 5. The van der Waals surface area contributed by atoms with Gasteiger partial charge in [-0.1, -0.05) is 58.9 Å². The Morgan fingerprint density at radius 1 is 1.00 bits per heavy atom. The first-order chi connectivity index (χ1) is 18.7. The summed E-state index contributed by atoms with van der Waals surface area (Å²) in [6, 6.07) is 13.8. The molecule has 0 saturated carbocycles. The zero-order valence-corrected chi connectivity index (χ0v) is 24.4. The number of piperazine rings is 1. The molecular weight excluding hydrogens is 506 g/mol. The summed E-state index contributed by atoms with van der Waals surface area (Å²) in [6.07, 6.45) is 0. The SMILES string of the molecule is CC(C)[C@H](NC(=O)c1nc2ccccc2[nH]c1=O)C(=O)N1CCN(C(=O)c2ccc(C(C)(C)C)cc2)C(C)(C)C1. The maximum atomic E-state index is 13.7. The number of nitrogens with zero attached hydrogens (tertiary/aromatic N) is 3. The van der Waals surface area contributed by atoms with Crippen molar-refractivity contribution in [3.8, 4) is 0 Å². The quantitative estimate of drug-likeness (QED) is 0.507. The average molecular weight is 546 g/mol. The van der Waals surface area contributed by atoms with Gasteiger partial charge in [0.05, 0.1) is 16.6 Å². The van der Waals surface area contributed by atoms with Crippen molar-refractivity contribution in [2.75, 3.05) is 19.6 Å². The molecule has 1 aliphatic heterocycles. The predicted molar refractivity (Wildman–Crippen MR) is 155 cm³/mol. The lowest BCUT2D eigenvalue weighted by molar-refractivity contribution is -0.138. The summed E-state index contributed by atoms with van der Waals surface area (Å²) in [5.41, 5.74) is 1.24. The molecule has 2 aromatic carbocycles. The van der Waals surface area contributed by atoms with Gasteiger partial charge in [0.2, 0.25) is 5.91 Å². The minimum Gasteiger partial charge on any atom is -0.338 e. The zero-order valence-electron chi connectivity index (χ0n) is 24.4. The molecule has 2 N–H and O–H groups in total. The largest absolute Gasteiger partial charge is 0.338 e.